The Kier molecular flexibility index (Phi) is 5.27. The molecular formula is C19H15F2N5O3S. The van der Waals surface area contributed by atoms with Gasteiger partial charge in [0.05, 0.1) is 18.8 Å². The van der Waals surface area contributed by atoms with Gasteiger partial charge in [-0.25, -0.2) is 13.6 Å². The highest BCUT2D eigenvalue weighted by Crippen LogP contribution is 2.32. The third kappa shape index (κ3) is 3.92. The number of halogens is 2. The lowest BCUT2D eigenvalue weighted by molar-refractivity contribution is 0.143. The Morgan fingerprint density at radius 1 is 1.27 bits per heavy atom. The Bertz CT molecular complexity index is 1090. The lowest BCUT2D eigenvalue weighted by Crippen LogP contribution is -2.37. The number of hydrogen-bond donors (Lipinski definition) is 2. The molecule has 0 spiro atoms. The predicted octanol–water partition coefficient (Wildman–Crippen LogP) is 2.84. The summed E-state index contributed by atoms with van der Waals surface area (Å²) in [7, 11) is 0. The molecule has 1 saturated heterocycles. The molecule has 8 nitrogen and oxygen atoms in total. The average Bonchev–Trinajstić information content (AvgIpc) is 3.33. The monoisotopic (exact) mass is 431 g/mol. The van der Waals surface area contributed by atoms with E-state index in [1.807, 2.05) is 6.07 Å². The highest BCUT2D eigenvalue weighted by Gasteiger charge is 2.33. The summed E-state index contributed by atoms with van der Waals surface area (Å²) in [5.74, 6) is -2.01. The number of anilines is 1. The molecule has 0 radical (unpaired) electrons. The number of amides is 1. The van der Waals surface area contributed by atoms with Crippen LogP contribution < -0.4 is 16.0 Å². The quantitative estimate of drug-likeness (QED) is 0.594. The number of aromatic nitrogens is 2. The van der Waals surface area contributed by atoms with Crippen molar-refractivity contribution >= 4 is 29.1 Å². The Morgan fingerprint density at radius 3 is 2.63 bits per heavy atom. The third-order valence-corrected chi connectivity index (χ3v) is 4.53. The van der Waals surface area contributed by atoms with Crippen molar-refractivity contribution in [2.75, 3.05) is 18.0 Å². The van der Waals surface area contributed by atoms with Crippen molar-refractivity contribution in [3.8, 4) is 22.8 Å². The molecule has 1 aliphatic heterocycles. The van der Waals surface area contributed by atoms with Gasteiger partial charge in [0.25, 0.3) is 5.89 Å². The lowest BCUT2D eigenvalue weighted by Gasteiger charge is -2.14. The van der Waals surface area contributed by atoms with Crippen LogP contribution in [0.2, 0.25) is 0 Å². The van der Waals surface area contributed by atoms with Gasteiger partial charge in [-0.05, 0) is 24.4 Å². The Labute approximate surface area is 174 Å². The number of benzene rings is 2. The number of nitrogens with zero attached hydrogens (tertiary/aromatic N) is 3. The van der Waals surface area contributed by atoms with E-state index in [9.17, 15) is 13.6 Å². The van der Waals surface area contributed by atoms with Crippen LogP contribution in [-0.4, -0.2) is 40.5 Å². The number of carbonyl (C=O) groups excluding carboxylic acids is 1. The fourth-order valence-corrected chi connectivity index (χ4v) is 3.09. The second kappa shape index (κ2) is 8.03. The van der Waals surface area contributed by atoms with E-state index in [0.29, 0.717) is 5.56 Å². The molecule has 0 aliphatic carbocycles. The van der Waals surface area contributed by atoms with Crippen molar-refractivity contribution in [1.82, 2.24) is 15.5 Å². The maximum Gasteiger partial charge on any atom is 0.414 e. The fourth-order valence-electron chi connectivity index (χ4n) is 3.00. The molecular weight excluding hydrogens is 416 g/mol. The number of nitrogens with two attached hydrogens (primary N) is 1. The Morgan fingerprint density at radius 2 is 1.97 bits per heavy atom. The topological polar surface area (TPSA) is 107 Å². The molecule has 2 heterocycles. The second-order valence-corrected chi connectivity index (χ2v) is 6.87. The standard InChI is InChI=1S/C19H15F2N5O3S/c20-13-6-11(26-9-12(28-19(26)27)8-23-18(22)30)7-14(21)15(13)17-24-16(25-29-17)10-4-2-1-3-5-10/h1-7,12H,8-9H2,(H3,22,23,30). The largest absolute Gasteiger partial charge is 0.442 e. The molecule has 154 valence electrons. The SMILES string of the molecule is NC(=S)NCC1CN(c2cc(F)c(-c3nc(-c4ccccc4)no3)c(F)c2)C(=O)O1. The van der Waals surface area contributed by atoms with Gasteiger partial charge in [-0.3, -0.25) is 4.90 Å². The van der Waals surface area contributed by atoms with E-state index in [-0.39, 0.29) is 35.6 Å². The van der Waals surface area contributed by atoms with Crippen LogP contribution >= 0.6 is 12.2 Å². The number of cyclic esters (lactones) is 1. The number of rotatable bonds is 5. The van der Waals surface area contributed by atoms with Crippen LogP contribution in [-0.2, 0) is 4.74 Å². The minimum atomic E-state index is -0.953. The summed E-state index contributed by atoms with van der Waals surface area (Å²) in [5, 5.41) is 6.50. The summed E-state index contributed by atoms with van der Waals surface area (Å²) < 4.78 is 39.7. The highest BCUT2D eigenvalue weighted by molar-refractivity contribution is 7.80. The molecule has 3 N–H and O–H groups in total. The summed E-state index contributed by atoms with van der Waals surface area (Å²) in [5.41, 5.74) is 5.51. The van der Waals surface area contributed by atoms with Gasteiger partial charge < -0.3 is 20.3 Å². The Hall–Kier alpha value is -3.60. The van der Waals surface area contributed by atoms with Crippen molar-refractivity contribution in [2.24, 2.45) is 5.73 Å². The molecule has 0 saturated carbocycles. The smallest absolute Gasteiger partial charge is 0.414 e. The Balaban J connectivity index is 1.58. The fraction of sp³-hybridized carbons (Fsp3) is 0.158. The number of carbonyl (C=O) groups is 1. The van der Waals surface area contributed by atoms with Crippen molar-refractivity contribution < 1.29 is 22.8 Å². The average molecular weight is 431 g/mol. The van der Waals surface area contributed by atoms with Crippen LogP contribution in [0.5, 0.6) is 0 Å². The van der Waals surface area contributed by atoms with Crippen LogP contribution in [0, 0.1) is 11.6 Å². The molecule has 1 aromatic heterocycles. The first-order valence-corrected chi connectivity index (χ1v) is 9.23. The second-order valence-electron chi connectivity index (χ2n) is 6.44. The van der Waals surface area contributed by atoms with Gasteiger partial charge in [0, 0.05) is 5.56 Å². The molecule has 1 atom stereocenters. The zero-order valence-electron chi connectivity index (χ0n) is 15.3. The van der Waals surface area contributed by atoms with E-state index in [0.717, 1.165) is 17.0 Å². The highest BCUT2D eigenvalue weighted by atomic mass is 32.1. The molecule has 0 bridgehead atoms. The van der Waals surface area contributed by atoms with E-state index in [2.05, 4.69) is 15.5 Å². The van der Waals surface area contributed by atoms with Crippen LogP contribution in [0.1, 0.15) is 0 Å². The maximum absolute atomic E-state index is 14.7. The summed E-state index contributed by atoms with van der Waals surface area (Å²) in [6.45, 7) is 0.260. The van der Waals surface area contributed by atoms with E-state index < -0.39 is 29.4 Å². The maximum atomic E-state index is 14.7. The lowest BCUT2D eigenvalue weighted by atomic mass is 10.1. The molecule has 1 amide bonds. The van der Waals surface area contributed by atoms with Crippen LogP contribution in [0.3, 0.4) is 0 Å². The normalized spacial score (nSPS) is 15.9. The molecule has 1 fully saturated rings. The first-order chi connectivity index (χ1) is 14.4. The first-order valence-electron chi connectivity index (χ1n) is 8.82. The predicted molar refractivity (Wildman–Crippen MR) is 107 cm³/mol. The minimum Gasteiger partial charge on any atom is -0.442 e. The third-order valence-electron chi connectivity index (χ3n) is 4.39. The molecule has 1 unspecified atom stereocenters. The summed E-state index contributed by atoms with van der Waals surface area (Å²) >= 11 is 4.70. The van der Waals surface area contributed by atoms with Gasteiger partial charge in [0.2, 0.25) is 5.82 Å². The minimum absolute atomic E-state index is 0.000580. The molecule has 2 aromatic carbocycles. The molecule has 4 rings (SSSR count). The van der Waals surface area contributed by atoms with Crippen LogP contribution in [0.4, 0.5) is 19.3 Å². The summed E-state index contributed by atoms with van der Waals surface area (Å²) in [6, 6.07) is 10.9. The molecule has 11 heteroatoms. The summed E-state index contributed by atoms with van der Waals surface area (Å²) in [4.78, 5) is 17.3. The molecule has 1 aliphatic rings. The van der Waals surface area contributed by atoms with Gasteiger partial charge in [0.15, 0.2) is 5.11 Å². The van der Waals surface area contributed by atoms with E-state index in [1.54, 1.807) is 24.3 Å². The van der Waals surface area contributed by atoms with Gasteiger partial charge in [-0.2, -0.15) is 4.98 Å². The van der Waals surface area contributed by atoms with Gasteiger partial charge >= 0.3 is 6.09 Å². The van der Waals surface area contributed by atoms with Gasteiger partial charge in [-0.1, -0.05) is 35.5 Å². The summed E-state index contributed by atoms with van der Waals surface area (Å²) in [6.07, 6.45) is -1.31. The zero-order chi connectivity index (χ0) is 21.3. The number of hydrogen-bond acceptors (Lipinski definition) is 6. The first kappa shape index (κ1) is 19.7. The zero-order valence-corrected chi connectivity index (χ0v) is 16.2. The van der Waals surface area contributed by atoms with Crippen LogP contribution in [0.25, 0.3) is 22.8 Å². The molecule has 30 heavy (non-hydrogen) atoms. The van der Waals surface area contributed by atoms with Gasteiger partial charge in [-0.15, -0.1) is 0 Å². The van der Waals surface area contributed by atoms with E-state index in [4.69, 9.17) is 27.2 Å². The number of nitrogens with one attached hydrogen (secondary N) is 1. The van der Waals surface area contributed by atoms with E-state index >= 15 is 0 Å². The number of ether oxygens (including phenoxy) is 1. The van der Waals surface area contributed by atoms with E-state index in [1.165, 1.54) is 0 Å². The van der Waals surface area contributed by atoms with Crippen molar-refractivity contribution in [2.45, 2.75) is 6.10 Å². The van der Waals surface area contributed by atoms with Crippen molar-refractivity contribution in [3.05, 3.63) is 54.1 Å². The van der Waals surface area contributed by atoms with Crippen molar-refractivity contribution in [3.63, 3.8) is 0 Å². The number of thiocarbonyl (C=S) groups is 1. The van der Waals surface area contributed by atoms with Crippen LogP contribution in [0.15, 0.2) is 47.0 Å². The molecule has 3 aromatic rings. The van der Waals surface area contributed by atoms with Crippen molar-refractivity contribution in [1.29, 1.82) is 0 Å². The van der Waals surface area contributed by atoms with Gasteiger partial charge in [0.1, 0.15) is 23.3 Å².